The first-order valence-corrected chi connectivity index (χ1v) is 7.83. The molecule has 5 nitrogen and oxygen atoms in total. The minimum Gasteiger partial charge on any atom is -0.368 e. The van der Waals surface area contributed by atoms with Gasteiger partial charge in [-0.05, 0) is 24.3 Å². The molecule has 1 unspecified atom stereocenters. The molecule has 0 aromatic heterocycles. The molecule has 1 heterocycles. The molecule has 3 atom stereocenters. The third-order valence-electron chi connectivity index (χ3n) is 3.99. The van der Waals surface area contributed by atoms with Crippen molar-refractivity contribution in [2.45, 2.75) is 44.8 Å². The molecule has 2 amide bonds. The number of benzene rings is 1. The van der Waals surface area contributed by atoms with Crippen LogP contribution < -0.4 is 11.1 Å². The number of nitrogens with one attached hydrogen (secondary N) is 1. The fourth-order valence-electron chi connectivity index (χ4n) is 2.66. The van der Waals surface area contributed by atoms with E-state index in [9.17, 15) is 9.59 Å². The number of unbranched alkanes of at least 4 members (excludes halogenated alkanes) is 1. The predicted molar refractivity (Wildman–Crippen MR) is 83.9 cm³/mol. The van der Waals surface area contributed by atoms with E-state index < -0.39 is 5.91 Å². The highest BCUT2D eigenvalue weighted by Crippen LogP contribution is 2.44. The molecule has 3 N–H and O–H groups in total. The van der Waals surface area contributed by atoms with Gasteiger partial charge < -0.3 is 15.8 Å². The van der Waals surface area contributed by atoms with Crippen molar-refractivity contribution in [1.29, 1.82) is 0 Å². The zero-order valence-electron chi connectivity index (χ0n) is 13.0. The number of ether oxygens (including phenoxy) is 1. The van der Waals surface area contributed by atoms with Crippen molar-refractivity contribution >= 4 is 11.8 Å². The molecule has 2 rings (SSSR count). The lowest BCUT2D eigenvalue weighted by molar-refractivity contribution is -0.124. The average Bonchev–Trinajstić information content (AvgIpc) is 3.31. The SMILES string of the molecule is CC(CCCCC(=O)NCC(N)=O)[C@H]1O[C@@H]1c1ccccc1. The minimum atomic E-state index is -0.514. The highest BCUT2D eigenvalue weighted by Gasteiger charge is 2.43. The Morgan fingerprint density at radius 2 is 2.00 bits per heavy atom. The number of amides is 2. The third kappa shape index (κ3) is 5.15. The molecule has 0 radical (unpaired) electrons. The average molecular weight is 304 g/mol. The molecule has 0 aliphatic carbocycles. The van der Waals surface area contributed by atoms with Crippen molar-refractivity contribution in [2.24, 2.45) is 11.7 Å². The van der Waals surface area contributed by atoms with Gasteiger partial charge in [-0.25, -0.2) is 0 Å². The van der Waals surface area contributed by atoms with Gasteiger partial charge in [0.2, 0.25) is 11.8 Å². The zero-order chi connectivity index (χ0) is 15.9. The number of rotatable bonds is 9. The van der Waals surface area contributed by atoms with Gasteiger partial charge in [0, 0.05) is 6.42 Å². The van der Waals surface area contributed by atoms with Crippen LogP contribution in [-0.4, -0.2) is 24.5 Å². The first-order chi connectivity index (χ1) is 10.6. The van der Waals surface area contributed by atoms with Crippen LogP contribution >= 0.6 is 0 Å². The molecule has 0 saturated carbocycles. The first-order valence-electron chi connectivity index (χ1n) is 7.83. The third-order valence-corrected chi connectivity index (χ3v) is 3.99. The Hall–Kier alpha value is -1.88. The van der Waals surface area contributed by atoms with Gasteiger partial charge in [-0.1, -0.05) is 43.7 Å². The van der Waals surface area contributed by atoms with Gasteiger partial charge >= 0.3 is 0 Å². The van der Waals surface area contributed by atoms with Gasteiger partial charge in [0.25, 0.3) is 0 Å². The van der Waals surface area contributed by atoms with Gasteiger partial charge in [0.1, 0.15) is 6.10 Å². The highest BCUT2D eigenvalue weighted by atomic mass is 16.6. The van der Waals surface area contributed by atoms with E-state index in [4.69, 9.17) is 10.5 Å². The largest absolute Gasteiger partial charge is 0.368 e. The summed E-state index contributed by atoms with van der Waals surface area (Å²) in [5, 5.41) is 2.50. The summed E-state index contributed by atoms with van der Waals surface area (Å²) in [6, 6.07) is 10.3. The summed E-state index contributed by atoms with van der Waals surface area (Å²) in [5.74, 6) is -0.144. The standard InChI is InChI=1S/C17H24N2O3/c1-12(7-5-6-10-15(21)19-11-14(18)20)16-17(22-16)13-8-3-2-4-9-13/h2-4,8-9,12,16-17H,5-7,10-11H2,1H3,(H2,18,20)(H,19,21)/t12?,16-,17-/m1/s1. The van der Waals surface area contributed by atoms with E-state index in [0.717, 1.165) is 19.3 Å². The fraction of sp³-hybridized carbons (Fsp3) is 0.529. The van der Waals surface area contributed by atoms with Crippen molar-refractivity contribution in [2.75, 3.05) is 6.54 Å². The molecule has 5 heteroatoms. The monoisotopic (exact) mass is 304 g/mol. The molecule has 1 aromatic carbocycles. The van der Waals surface area contributed by atoms with Gasteiger partial charge in [-0.3, -0.25) is 9.59 Å². The van der Waals surface area contributed by atoms with Crippen molar-refractivity contribution in [3.05, 3.63) is 35.9 Å². The van der Waals surface area contributed by atoms with Crippen LogP contribution in [0.15, 0.2) is 30.3 Å². The van der Waals surface area contributed by atoms with Crippen LogP contribution in [0.2, 0.25) is 0 Å². The number of carbonyl (C=O) groups excluding carboxylic acids is 2. The topological polar surface area (TPSA) is 84.7 Å². The molecule has 1 saturated heterocycles. The maximum Gasteiger partial charge on any atom is 0.236 e. The Morgan fingerprint density at radius 1 is 1.27 bits per heavy atom. The second-order valence-electron chi connectivity index (χ2n) is 5.90. The Balaban J connectivity index is 1.58. The second-order valence-corrected chi connectivity index (χ2v) is 5.90. The molecule has 1 aromatic rings. The summed E-state index contributed by atoms with van der Waals surface area (Å²) < 4.78 is 5.78. The second kappa shape index (κ2) is 7.94. The summed E-state index contributed by atoms with van der Waals surface area (Å²) in [5.41, 5.74) is 6.21. The molecule has 0 spiro atoms. The van der Waals surface area contributed by atoms with E-state index in [-0.39, 0.29) is 18.6 Å². The van der Waals surface area contributed by atoms with E-state index >= 15 is 0 Å². The van der Waals surface area contributed by atoms with Crippen LogP contribution in [0.4, 0.5) is 0 Å². The maximum absolute atomic E-state index is 11.4. The number of primary amides is 1. The van der Waals surface area contributed by atoms with Crippen LogP contribution in [-0.2, 0) is 14.3 Å². The van der Waals surface area contributed by atoms with E-state index in [0.29, 0.717) is 18.4 Å². The molecule has 1 aliphatic heterocycles. The zero-order valence-corrected chi connectivity index (χ0v) is 13.0. The van der Waals surface area contributed by atoms with Crippen molar-refractivity contribution in [3.63, 3.8) is 0 Å². The molecule has 120 valence electrons. The smallest absolute Gasteiger partial charge is 0.236 e. The Kier molecular flexibility index (Phi) is 5.95. The molecule has 0 bridgehead atoms. The summed E-state index contributed by atoms with van der Waals surface area (Å²) in [7, 11) is 0. The summed E-state index contributed by atoms with van der Waals surface area (Å²) in [4.78, 5) is 22.0. The van der Waals surface area contributed by atoms with Crippen LogP contribution in [0.5, 0.6) is 0 Å². The highest BCUT2D eigenvalue weighted by molar-refractivity contribution is 5.83. The fourth-order valence-corrected chi connectivity index (χ4v) is 2.66. The lowest BCUT2D eigenvalue weighted by Crippen LogP contribution is -2.33. The van der Waals surface area contributed by atoms with E-state index in [1.54, 1.807) is 0 Å². The summed E-state index contributed by atoms with van der Waals surface area (Å²) >= 11 is 0. The van der Waals surface area contributed by atoms with E-state index in [1.807, 2.05) is 18.2 Å². The van der Waals surface area contributed by atoms with Gasteiger partial charge in [-0.2, -0.15) is 0 Å². The molecule has 1 fully saturated rings. The number of nitrogens with two attached hydrogens (primary N) is 1. The van der Waals surface area contributed by atoms with Gasteiger partial charge in [0.05, 0.1) is 12.6 Å². The molecule has 22 heavy (non-hydrogen) atoms. The lowest BCUT2D eigenvalue weighted by atomic mass is 9.95. The van der Waals surface area contributed by atoms with Crippen LogP contribution in [0, 0.1) is 5.92 Å². The number of hydrogen-bond acceptors (Lipinski definition) is 3. The minimum absolute atomic E-state index is 0.0795. The number of epoxide rings is 1. The summed E-state index contributed by atoms with van der Waals surface area (Å²) in [6.07, 6.45) is 3.80. The van der Waals surface area contributed by atoms with Gasteiger partial charge in [0.15, 0.2) is 0 Å². The van der Waals surface area contributed by atoms with Gasteiger partial charge in [-0.15, -0.1) is 0 Å². The van der Waals surface area contributed by atoms with Crippen LogP contribution in [0.3, 0.4) is 0 Å². The normalized spacial score (nSPS) is 21.1. The predicted octanol–water partition coefficient (Wildman–Crippen LogP) is 1.92. The molecule has 1 aliphatic rings. The first kappa shape index (κ1) is 16.5. The van der Waals surface area contributed by atoms with Crippen molar-refractivity contribution in [3.8, 4) is 0 Å². The molecular weight excluding hydrogens is 280 g/mol. The van der Waals surface area contributed by atoms with Crippen LogP contribution in [0.1, 0.15) is 44.3 Å². The van der Waals surface area contributed by atoms with Crippen LogP contribution in [0.25, 0.3) is 0 Å². The Morgan fingerprint density at radius 3 is 2.68 bits per heavy atom. The lowest BCUT2D eigenvalue weighted by Gasteiger charge is -2.08. The Labute approximate surface area is 131 Å². The summed E-state index contributed by atoms with van der Waals surface area (Å²) in [6.45, 7) is 2.12. The van der Waals surface area contributed by atoms with Crippen molar-refractivity contribution in [1.82, 2.24) is 5.32 Å². The number of hydrogen-bond donors (Lipinski definition) is 2. The number of carbonyl (C=O) groups is 2. The molecular formula is C17H24N2O3. The van der Waals surface area contributed by atoms with Crippen molar-refractivity contribution < 1.29 is 14.3 Å². The van der Waals surface area contributed by atoms with E-state index in [1.165, 1.54) is 5.56 Å². The Bertz CT molecular complexity index is 504. The quantitative estimate of drug-likeness (QED) is 0.540. The van der Waals surface area contributed by atoms with E-state index in [2.05, 4.69) is 24.4 Å². The maximum atomic E-state index is 11.4.